The second kappa shape index (κ2) is 11.1. The lowest BCUT2D eigenvalue weighted by atomic mass is 9.92. The standard InChI is InChI=1S/C29H34ClN3O3/c1-20(2)18-27(34)33-12-10-24-25-19-22(30)6-9-26(25)31-28(24)29(33)21-4-7-23(8-5-21)36-15-3-11-32-13-16-35-17-14-32/h4-9,18-19,29,31H,3,10-17H2,1-2H3. The molecule has 0 aliphatic carbocycles. The molecule has 2 aliphatic rings. The second-order valence-corrected chi connectivity index (χ2v) is 10.3. The summed E-state index contributed by atoms with van der Waals surface area (Å²) in [5.41, 5.74) is 5.40. The van der Waals surface area contributed by atoms with E-state index in [1.54, 1.807) is 6.08 Å². The molecule has 6 nitrogen and oxygen atoms in total. The first kappa shape index (κ1) is 24.9. The third-order valence-electron chi connectivity index (χ3n) is 6.97. The van der Waals surface area contributed by atoms with Gasteiger partial charge in [0, 0.05) is 53.9 Å². The van der Waals surface area contributed by atoms with Crippen molar-refractivity contribution in [3.8, 4) is 5.75 Å². The van der Waals surface area contributed by atoms with Gasteiger partial charge in [-0.3, -0.25) is 9.69 Å². The number of halogens is 1. The Hall–Kier alpha value is -2.80. The minimum atomic E-state index is -0.196. The first-order valence-corrected chi connectivity index (χ1v) is 13.2. The number of fused-ring (bicyclic) bond motifs is 3. The van der Waals surface area contributed by atoms with Crippen molar-refractivity contribution < 1.29 is 14.3 Å². The Kier molecular flexibility index (Phi) is 7.65. The first-order chi connectivity index (χ1) is 17.5. The van der Waals surface area contributed by atoms with Crippen LogP contribution in [0.15, 0.2) is 54.1 Å². The fourth-order valence-corrected chi connectivity index (χ4v) is 5.40. The van der Waals surface area contributed by atoms with Gasteiger partial charge in [-0.25, -0.2) is 0 Å². The lowest BCUT2D eigenvalue weighted by molar-refractivity contribution is -0.128. The van der Waals surface area contributed by atoms with Crippen LogP contribution in [0.25, 0.3) is 10.9 Å². The SMILES string of the molecule is CC(C)=CC(=O)N1CCc2c([nH]c3ccc(Cl)cc23)C1c1ccc(OCCCN2CCOCC2)cc1. The van der Waals surface area contributed by atoms with Crippen LogP contribution in [0.5, 0.6) is 5.75 Å². The molecule has 1 unspecified atom stereocenters. The number of hydrogen-bond donors (Lipinski definition) is 1. The fourth-order valence-electron chi connectivity index (χ4n) is 5.22. The van der Waals surface area contributed by atoms with Crippen molar-refractivity contribution in [2.45, 2.75) is 32.7 Å². The van der Waals surface area contributed by atoms with Crippen LogP contribution in [-0.2, 0) is 16.0 Å². The minimum absolute atomic E-state index is 0.0331. The molecule has 1 amide bonds. The Morgan fingerprint density at radius 1 is 1.14 bits per heavy atom. The smallest absolute Gasteiger partial charge is 0.247 e. The number of benzene rings is 2. The van der Waals surface area contributed by atoms with Crippen LogP contribution in [0.2, 0.25) is 5.02 Å². The third kappa shape index (κ3) is 5.46. The molecule has 1 aromatic heterocycles. The van der Waals surface area contributed by atoms with Gasteiger partial charge in [0.15, 0.2) is 0 Å². The third-order valence-corrected chi connectivity index (χ3v) is 7.21. The number of rotatable bonds is 7. The highest BCUT2D eigenvalue weighted by atomic mass is 35.5. The summed E-state index contributed by atoms with van der Waals surface area (Å²) in [4.78, 5) is 21.2. The number of aromatic nitrogens is 1. The Morgan fingerprint density at radius 3 is 2.67 bits per heavy atom. The molecule has 0 bridgehead atoms. The second-order valence-electron chi connectivity index (χ2n) is 9.84. The predicted octanol–water partition coefficient (Wildman–Crippen LogP) is 5.36. The summed E-state index contributed by atoms with van der Waals surface area (Å²) in [7, 11) is 0. The van der Waals surface area contributed by atoms with Crippen molar-refractivity contribution in [1.29, 1.82) is 0 Å². The van der Waals surface area contributed by atoms with Crippen LogP contribution in [0, 0.1) is 0 Å². The van der Waals surface area contributed by atoms with Crippen molar-refractivity contribution >= 4 is 28.4 Å². The van der Waals surface area contributed by atoms with Crippen molar-refractivity contribution in [1.82, 2.24) is 14.8 Å². The van der Waals surface area contributed by atoms with Crippen LogP contribution in [-0.4, -0.2) is 66.7 Å². The van der Waals surface area contributed by atoms with Gasteiger partial charge in [0.2, 0.25) is 5.91 Å². The molecule has 2 aromatic carbocycles. The number of morpholine rings is 1. The predicted molar refractivity (Wildman–Crippen MR) is 144 cm³/mol. The van der Waals surface area contributed by atoms with E-state index in [0.717, 1.165) is 84.2 Å². The minimum Gasteiger partial charge on any atom is -0.494 e. The zero-order chi connectivity index (χ0) is 25.1. The molecular formula is C29H34ClN3O3. The van der Waals surface area contributed by atoms with Crippen LogP contribution in [0.3, 0.4) is 0 Å². The molecule has 1 atom stereocenters. The lowest BCUT2D eigenvalue weighted by Crippen LogP contribution is -2.39. The number of amides is 1. The summed E-state index contributed by atoms with van der Waals surface area (Å²) in [6, 6.07) is 13.9. The zero-order valence-corrected chi connectivity index (χ0v) is 21.8. The maximum Gasteiger partial charge on any atom is 0.247 e. The van der Waals surface area contributed by atoms with Gasteiger partial charge in [-0.2, -0.15) is 0 Å². The van der Waals surface area contributed by atoms with Crippen molar-refractivity contribution in [2.75, 3.05) is 46.0 Å². The fraction of sp³-hybridized carbons (Fsp3) is 0.414. The largest absolute Gasteiger partial charge is 0.494 e. The molecule has 3 heterocycles. The Morgan fingerprint density at radius 2 is 1.92 bits per heavy atom. The number of nitrogens with zero attached hydrogens (tertiary/aromatic N) is 2. The molecule has 0 radical (unpaired) electrons. The average molecular weight is 508 g/mol. The number of H-pyrrole nitrogens is 1. The van der Waals surface area contributed by atoms with Crippen LogP contribution in [0.4, 0.5) is 0 Å². The topological polar surface area (TPSA) is 57.8 Å². The quantitative estimate of drug-likeness (QED) is 0.345. The van der Waals surface area contributed by atoms with E-state index in [1.807, 2.05) is 49.1 Å². The molecular weight excluding hydrogens is 474 g/mol. The van der Waals surface area contributed by atoms with Crippen LogP contribution in [0.1, 0.15) is 43.1 Å². The van der Waals surface area contributed by atoms with E-state index < -0.39 is 0 Å². The molecule has 190 valence electrons. The van der Waals surface area contributed by atoms with Gasteiger partial charge in [0.1, 0.15) is 5.75 Å². The maximum absolute atomic E-state index is 13.2. The number of ether oxygens (including phenoxy) is 2. The summed E-state index contributed by atoms with van der Waals surface area (Å²) in [6.07, 6.45) is 3.50. The summed E-state index contributed by atoms with van der Waals surface area (Å²) < 4.78 is 11.4. The van der Waals surface area contributed by atoms with Gasteiger partial charge in [0.25, 0.3) is 0 Å². The maximum atomic E-state index is 13.2. The normalized spacial score (nSPS) is 18.2. The van der Waals surface area contributed by atoms with Crippen molar-refractivity contribution in [2.24, 2.45) is 0 Å². The van der Waals surface area contributed by atoms with Gasteiger partial charge in [-0.05, 0) is 68.1 Å². The highest BCUT2D eigenvalue weighted by Gasteiger charge is 2.34. The molecule has 36 heavy (non-hydrogen) atoms. The molecule has 1 N–H and O–H groups in total. The molecule has 5 rings (SSSR count). The molecule has 2 aliphatic heterocycles. The van der Waals surface area contributed by atoms with Gasteiger partial charge in [-0.15, -0.1) is 0 Å². The Bertz CT molecular complexity index is 1240. The summed E-state index contributed by atoms with van der Waals surface area (Å²) in [6.45, 7) is 9.91. The average Bonchev–Trinajstić information content (AvgIpc) is 3.24. The van der Waals surface area contributed by atoms with E-state index in [2.05, 4.69) is 22.0 Å². The summed E-state index contributed by atoms with van der Waals surface area (Å²) in [5.74, 6) is 0.883. The van der Waals surface area contributed by atoms with E-state index in [0.29, 0.717) is 13.2 Å². The van der Waals surface area contributed by atoms with Crippen LogP contribution < -0.4 is 4.74 Å². The van der Waals surface area contributed by atoms with Gasteiger partial charge < -0.3 is 19.4 Å². The van der Waals surface area contributed by atoms with Crippen molar-refractivity contribution in [3.63, 3.8) is 0 Å². The van der Waals surface area contributed by atoms with Crippen molar-refractivity contribution in [3.05, 3.63) is 76.0 Å². The van der Waals surface area contributed by atoms with Gasteiger partial charge >= 0.3 is 0 Å². The number of allylic oxidation sites excluding steroid dienone is 1. The number of carbonyl (C=O) groups excluding carboxylic acids is 1. The van der Waals surface area contributed by atoms with Gasteiger partial charge in [0.05, 0.1) is 25.9 Å². The molecule has 7 heteroatoms. The lowest BCUT2D eigenvalue weighted by Gasteiger charge is -2.36. The highest BCUT2D eigenvalue weighted by Crippen LogP contribution is 2.39. The number of aromatic amines is 1. The first-order valence-electron chi connectivity index (χ1n) is 12.8. The number of nitrogens with one attached hydrogen (secondary N) is 1. The molecule has 3 aromatic rings. The Balaban J connectivity index is 1.36. The number of carbonyl (C=O) groups is 1. The van der Waals surface area contributed by atoms with Gasteiger partial charge in [-0.1, -0.05) is 29.3 Å². The molecule has 0 spiro atoms. The number of hydrogen-bond acceptors (Lipinski definition) is 4. The molecule has 0 saturated carbocycles. The van der Waals surface area contributed by atoms with E-state index in [1.165, 1.54) is 5.56 Å². The van der Waals surface area contributed by atoms with E-state index in [9.17, 15) is 4.79 Å². The monoisotopic (exact) mass is 507 g/mol. The van der Waals surface area contributed by atoms with E-state index in [4.69, 9.17) is 21.1 Å². The highest BCUT2D eigenvalue weighted by molar-refractivity contribution is 6.31. The van der Waals surface area contributed by atoms with E-state index >= 15 is 0 Å². The Labute approximate surface area is 217 Å². The van der Waals surface area contributed by atoms with E-state index in [-0.39, 0.29) is 11.9 Å². The zero-order valence-electron chi connectivity index (χ0n) is 21.1. The summed E-state index contributed by atoms with van der Waals surface area (Å²) >= 11 is 6.31. The summed E-state index contributed by atoms with van der Waals surface area (Å²) in [5, 5.41) is 1.86. The molecule has 1 saturated heterocycles. The van der Waals surface area contributed by atoms with Crippen LogP contribution >= 0.6 is 11.6 Å². The molecule has 1 fully saturated rings.